The summed E-state index contributed by atoms with van der Waals surface area (Å²) in [6, 6.07) is 134. The van der Waals surface area contributed by atoms with Gasteiger partial charge in [-0.3, -0.25) is 9.13 Å². The fourth-order valence-corrected chi connectivity index (χ4v) is 16.9. The lowest BCUT2D eigenvalue weighted by Gasteiger charge is -2.12. The minimum absolute atomic E-state index is 0.616. The summed E-state index contributed by atoms with van der Waals surface area (Å²) in [5.74, 6) is 1.48. The highest BCUT2D eigenvalue weighted by Gasteiger charge is 2.22. The van der Waals surface area contributed by atoms with Crippen molar-refractivity contribution in [2.75, 3.05) is 0 Å². The molecular weight excluding hydrogens is 1310 g/mol. The third kappa shape index (κ3) is 9.90. The van der Waals surface area contributed by atoms with Crippen LogP contribution in [-0.2, 0) is 0 Å². The molecule has 0 unspecified atom stereocenters. The van der Waals surface area contributed by atoms with Gasteiger partial charge < -0.3 is 9.13 Å². The van der Waals surface area contributed by atoms with Crippen LogP contribution in [0.3, 0.4) is 0 Å². The summed E-state index contributed by atoms with van der Waals surface area (Å²) < 4.78 is 9.14. The van der Waals surface area contributed by atoms with E-state index < -0.39 is 0 Å². The molecule has 0 aliphatic rings. The zero-order chi connectivity index (χ0) is 71.5. The van der Waals surface area contributed by atoms with Crippen molar-refractivity contribution in [1.82, 2.24) is 28.2 Å². The van der Waals surface area contributed by atoms with Crippen LogP contribution in [0.25, 0.3) is 198 Å². The predicted octanol–water partition coefficient (Wildman–Crippen LogP) is 25.6. The van der Waals surface area contributed by atoms with Crippen LogP contribution in [0.1, 0.15) is 11.1 Å². The van der Waals surface area contributed by atoms with Gasteiger partial charge in [-0.05, 0) is 181 Å². The Bertz CT molecular complexity index is 7560. The summed E-state index contributed by atoms with van der Waals surface area (Å²) in [7, 11) is 0. The first-order valence-electron chi connectivity index (χ1n) is 36.4. The summed E-state index contributed by atoms with van der Waals surface area (Å²) >= 11 is 0. The van der Waals surface area contributed by atoms with E-state index in [1.54, 1.807) is 0 Å². The van der Waals surface area contributed by atoms with E-state index in [1.807, 2.05) is 60.7 Å². The molecule has 6 heterocycles. The number of hydrogen-bond donors (Lipinski definition) is 0. The first-order chi connectivity index (χ1) is 53.5. The second kappa shape index (κ2) is 24.9. The van der Waals surface area contributed by atoms with Crippen molar-refractivity contribution < 1.29 is 0 Å². The summed E-state index contributed by atoms with van der Waals surface area (Å²) in [6.45, 7) is 0. The maximum Gasteiger partial charge on any atom is 0.139 e. The molecule has 16 aromatic carbocycles. The number of pyridine rings is 2. The maximum atomic E-state index is 10.1. The zero-order valence-electron chi connectivity index (χ0n) is 58.2. The molecule has 6 aromatic heterocycles. The molecule has 22 aromatic rings. The molecule has 8 heteroatoms. The molecule has 0 fully saturated rings. The van der Waals surface area contributed by atoms with E-state index >= 15 is 0 Å². The van der Waals surface area contributed by atoms with E-state index in [2.05, 4.69) is 334 Å². The normalized spacial score (nSPS) is 11.7. The van der Waals surface area contributed by atoms with Crippen molar-refractivity contribution in [3.8, 4) is 79.7 Å². The molecule has 8 nitrogen and oxygen atoms in total. The minimum Gasteiger partial charge on any atom is -0.309 e. The van der Waals surface area contributed by atoms with Crippen LogP contribution in [0.4, 0.5) is 0 Å². The molecule has 0 bridgehead atoms. The summed E-state index contributed by atoms with van der Waals surface area (Å²) in [4.78, 5) is 10.1. The van der Waals surface area contributed by atoms with Gasteiger partial charge in [0.05, 0.1) is 78.4 Å². The van der Waals surface area contributed by atoms with Crippen LogP contribution < -0.4 is 0 Å². The highest BCUT2D eigenvalue weighted by Crippen LogP contribution is 2.43. The van der Waals surface area contributed by atoms with Crippen molar-refractivity contribution in [2.45, 2.75) is 0 Å². The number of fused-ring (bicyclic) bond motifs is 16. The molecule has 0 saturated heterocycles. The number of nitrogens with zero attached hydrogens (tertiary/aromatic N) is 8. The average molecular weight is 1370 g/mol. The van der Waals surface area contributed by atoms with Gasteiger partial charge in [-0.15, -0.1) is 0 Å². The van der Waals surface area contributed by atoms with E-state index in [9.17, 15) is 10.5 Å². The van der Waals surface area contributed by atoms with Crippen LogP contribution >= 0.6 is 0 Å². The van der Waals surface area contributed by atoms with Gasteiger partial charge in [-0.25, -0.2) is 9.97 Å². The van der Waals surface area contributed by atoms with Crippen LogP contribution in [-0.4, -0.2) is 28.2 Å². The predicted molar refractivity (Wildman–Crippen MR) is 447 cm³/mol. The number of rotatable bonds is 8. The Labute approximate surface area is 620 Å². The average Bonchev–Trinajstić information content (AvgIpc) is 1.59. The smallest absolute Gasteiger partial charge is 0.139 e. The van der Waals surface area contributed by atoms with E-state index in [0.717, 1.165) is 111 Å². The summed E-state index contributed by atoms with van der Waals surface area (Å²) in [5.41, 5.74) is 23.5. The highest BCUT2D eigenvalue weighted by atomic mass is 15.1. The monoisotopic (exact) mass is 1370 g/mol. The first-order valence-corrected chi connectivity index (χ1v) is 36.4. The van der Waals surface area contributed by atoms with Gasteiger partial charge in [-0.1, -0.05) is 249 Å². The minimum atomic E-state index is 0.616. The van der Waals surface area contributed by atoms with Gasteiger partial charge >= 0.3 is 0 Å². The Morgan fingerprint density at radius 1 is 0.204 bits per heavy atom. The zero-order valence-corrected chi connectivity index (χ0v) is 58.2. The van der Waals surface area contributed by atoms with Gasteiger partial charge in [-0.2, -0.15) is 10.5 Å². The van der Waals surface area contributed by atoms with Crippen LogP contribution in [0.15, 0.2) is 364 Å². The Morgan fingerprint density at radius 3 is 0.926 bits per heavy atom. The molecule has 0 saturated carbocycles. The molecule has 0 amide bonds. The number of hydrogen-bond acceptors (Lipinski definition) is 4. The third-order valence-electron chi connectivity index (χ3n) is 21.9. The van der Waals surface area contributed by atoms with Gasteiger partial charge in [0.2, 0.25) is 0 Å². The van der Waals surface area contributed by atoms with E-state index in [4.69, 9.17) is 9.97 Å². The number of benzene rings is 16. The standard InChI is InChI=1S/2C50H30N4/c51-31-36-30-50(52-45-17-6-3-13-40(36)45)54-47-19-8-5-15-42(47)44-28-34(23-27-48(44)54)35-22-26-43-41-14-4-7-18-46(41)53(49(43)29-35)37-24-20-33(21-25-37)39-16-9-11-32-10-1-2-12-38(32)39;51-31-36-30-50(52-45-17-6-3-13-40(36)45)54-47-19-8-5-15-42(47)44-29-35(23-27-49(44)54)34-22-26-48-43(28-34)41-14-4-7-18-46(41)53(48)37-24-20-33(21-25-37)39-16-9-11-32-10-1-2-12-38(32)39/h2*1-30H. The molecule has 22 rings (SSSR count). The van der Waals surface area contributed by atoms with Crippen molar-refractivity contribution in [1.29, 1.82) is 10.5 Å². The van der Waals surface area contributed by atoms with Crippen molar-refractivity contribution in [2.24, 2.45) is 0 Å². The van der Waals surface area contributed by atoms with Gasteiger partial charge in [0, 0.05) is 65.2 Å². The molecule has 500 valence electrons. The van der Waals surface area contributed by atoms with Gasteiger partial charge in [0.15, 0.2) is 0 Å². The summed E-state index contributed by atoms with van der Waals surface area (Å²) in [5, 5.41) is 36.3. The van der Waals surface area contributed by atoms with Crippen molar-refractivity contribution >= 4 is 131 Å². The first kappa shape index (κ1) is 61.7. The van der Waals surface area contributed by atoms with Crippen LogP contribution in [0.5, 0.6) is 0 Å². The van der Waals surface area contributed by atoms with E-state index in [-0.39, 0.29) is 0 Å². The molecule has 108 heavy (non-hydrogen) atoms. The molecular formula is C100H60N8. The topological polar surface area (TPSA) is 93.1 Å². The lowest BCUT2D eigenvalue weighted by Crippen LogP contribution is -1.99. The largest absolute Gasteiger partial charge is 0.309 e. The molecule has 0 aliphatic heterocycles. The Hall–Kier alpha value is -15.0. The Kier molecular flexibility index (Phi) is 14.2. The van der Waals surface area contributed by atoms with E-state index in [0.29, 0.717) is 11.1 Å². The Morgan fingerprint density at radius 2 is 0.500 bits per heavy atom. The molecule has 0 N–H and O–H groups in total. The van der Waals surface area contributed by atoms with Crippen molar-refractivity contribution in [3.05, 3.63) is 375 Å². The molecule has 0 atom stereocenters. The maximum absolute atomic E-state index is 10.1. The van der Waals surface area contributed by atoms with E-state index in [1.165, 1.54) is 87.4 Å². The Balaban J connectivity index is 0.000000138. The SMILES string of the molecule is N#Cc1cc(-n2c3ccccc3c3cc(-c4ccc5c(c4)c4ccccc4n5-c4ccc(-c5cccc6ccccc56)cc4)ccc32)nc2ccccc12.N#Cc1cc(-n2c3ccccc3c3cc(-c4ccc5c6ccccc6n(-c6ccc(-c7cccc8ccccc78)cc6)c5c4)ccc32)nc2ccccc12. The number of aromatic nitrogens is 6. The second-order valence-electron chi connectivity index (χ2n) is 27.8. The number of para-hydroxylation sites is 6. The van der Waals surface area contributed by atoms with Crippen LogP contribution in [0.2, 0.25) is 0 Å². The van der Waals surface area contributed by atoms with Crippen LogP contribution in [0, 0.1) is 22.7 Å². The molecule has 0 aliphatic carbocycles. The lowest BCUT2D eigenvalue weighted by atomic mass is 9.98. The molecule has 0 radical (unpaired) electrons. The second-order valence-corrected chi connectivity index (χ2v) is 27.8. The van der Waals surface area contributed by atoms with Gasteiger partial charge in [0.1, 0.15) is 11.6 Å². The lowest BCUT2D eigenvalue weighted by molar-refractivity contribution is 1.10. The summed E-state index contributed by atoms with van der Waals surface area (Å²) in [6.07, 6.45) is 0. The fraction of sp³-hybridized carbons (Fsp3) is 0. The number of nitriles is 2. The quantitative estimate of drug-likeness (QED) is 0.151. The highest BCUT2D eigenvalue weighted by molar-refractivity contribution is 6.15. The molecule has 0 spiro atoms. The third-order valence-corrected chi connectivity index (χ3v) is 21.9. The van der Waals surface area contributed by atoms with Gasteiger partial charge in [0.25, 0.3) is 0 Å². The van der Waals surface area contributed by atoms with Crippen molar-refractivity contribution in [3.63, 3.8) is 0 Å². The fourth-order valence-electron chi connectivity index (χ4n) is 16.9.